The zero-order valence-corrected chi connectivity index (χ0v) is 22.7. The number of ether oxygens (including phenoxy) is 2. The zero-order valence-electron chi connectivity index (χ0n) is 19.8. The van der Waals surface area contributed by atoms with E-state index in [-0.39, 0.29) is 13.4 Å². The first-order valence-electron chi connectivity index (χ1n) is 10.1. The molecule has 0 bridgehead atoms. The SMILES string of the molecule is C.C=C(C)C(=O)OC(C)C(C)OC(=O)CC.CC(C)C.CCC.[Cm].c1ccccc1. The van der Waals surface area contributed by atoms with Crippen LogP contribution in [0.2, 0.25) is 0 Å². The molecule has 1 rings (SSSR count). The molecule has 0 spiro atoms. The van der Waals surface area contributed by atoms with Gasteiger partial charge in [-0.2, -0.15) is 0 Å². The molecule has 2 unspecified atom stereocenters. The van der Waals surface area contributed by atoms with Crippen LogP contribution in [0.25, 0.3) is 0 Å². The molecular formula is C25H46CmO4. The molecule has 0 aliphatic carbocycles. The number of esters is 2. The first kappa shape index (κ1) is 37.6. The predicted octanol–water partition coefficient (Wildman–Crippen LogP) is 7.24. The number of carbonyl (C=O) groups excluding carboxylic acids is 2. The van der Waals surface area contributed by atoms with Gasteiger partial charge in [0.05, 0.1) is 0 Å². The fourth-order valence-electron chi connectivity index (χ4n) is 1.14. The quantitative estimate of drug-likeness (QED) is 0.248. The summed E-state index contributed by atoms with van der Waals surface area (Å²) < 4.78 is 10.00. The Morgan fingerprint density at radius 3 is 1.30 bits per heavy atom. The van der Waals surface area contributed by atoms with E-state index in [9.17, 15) is 9.59 Å². The van der Waals surface area contributed by atoms with Crippen LogP contribution in [-0.4, -0.2) is 24.1 Å². The largest absolute Gasteiger partial charge is 0.459 e. The molecule has 1 aromatic rings. The van der Waals surface area contributed by atoms with Gasteiger partial charge in [0, 0.05) is 12.0 Å². The van der Waals surface area contributed by atoms with Crippen molar-refractivity contribution in [2.24, 2.45) is 5.92 Å². The number of benzene rings is 1. The summed E-state index contributed by atoms with van der Waals surface area (Å²) in [7, 11) is 0. The van der Waals surface area contributed by atoms with Crippen molar-refractivity contribution >= 4 is 11.9 Å². The van der Waals surface area contributed by atoms with E-state index in [0.717, 1.165) is 5.92 Å². The van der Waals surface area contributed by atoms with Gasteiger partial charge in [0.2, 0.25) is 0 Å². The third kappa shape index (κ3) is 32.6. The van der Waals surface area contributed by atoms with Crippen molar-refractivity contribution < 1.29 is 19.1 Å². The molecule has 0 aliphatic rings. The van der Waals surface area contributed by atoms with Crippen LogP contribution in [0.4, 0.5) is 0 Å². The Hall–Kier alpha value is -3.10. The van der Waals surface area contributed by atoms with Crippen molar-refractivity contribution in [3.63, 3.8) is 0 Å². The summed E-state index contributed by atoms with van der Waals surface area (Å²) in [6.07, 6.45) is 0.649. The Balaban J connectivity index is -0.000000114. The van der Waals surface area contributed by atoms with E-state index >= 15 is 0 Å². The van der Waals surface area contributed by atoms with Gasteiger partial charge in [0.1, 0.15) is 12.2 Å². The first-order chi connectivity index (χ1) is 13.0. The molecule has 0 heterocycles. The fourth-order valence-corrected chi connectivity index (χ4v) is 1.14. The molecule has 0 fully saturated rings. The van der Waals surface area contributed by atoms with Crippen LogP contribution >= 0.6 is 0 Å². The van der Waals surface area contributed by atoms with Crippen molar-refractivity contribution in [3.8, 4) is 0 Å². The first-order valence-corrected chi connectivity index (χ1v) is 10.1. The fraction of sp³-hybridized carbons (Fsp3) is 0.600. The second kappa shape index (κ2) is 25.9. The van der Waals surface area contributed by atoms with Crippen LogP contribution < -0.4 is 0 Å². The van der Waals surface area contributed by atoms with Gasteiger partial charge in [-0.1, -0.05) is 98.4 Å². The Morgan fingerprint density at radius 2 is 1.07 bits per heavy atom. The van der Waals surface area contributed by atoms with Gasteiger partial charge < -0.3 is 9.47 Å². The van der Waals surface area contributed by atoms with Gasteiger partial charge in [0.25, 0.3) is 0 Å². The number of rotatable bonds is 5. The number of carbonyl (C=O) groups is 2. The molecule has 0 aromatic heterocycles. The Kier molecular flexibility index (Phi) is 32.5. The average molecular weight is 658 g/mol. The van der Waals surface area contributed by atoms with Crippen LogP contribution in [0.5, 0.6) is 0 Å². The molecule has 1 aromatic carbocycles. The van der Waals surface area contributed by atoms with Crippen LogP contribution in [0.15, 0.2) is 48.6 Å². The van der Waals surface area contributed by atoms with Crippen LogP contribution in [-0.2, 0) is 19.1 Å². The molecule has 2 atom stereocenters. The summed E-state index contributed by atoms with van der Waals surface area (Å²) in [5, 5.41) is 0. The number of hydrogen-bond donors (Lipinski definition) is 0. The summed E-state index contributed by atoms with van der Waals surface area (Å²) >= 11 is 0. The Bertz CT molecular complexity index is 472. The maximum Gasteiger partial charge on any atom is 0.333 e. The standard InChI is InChI=1S/C11H18O4.C6H6.C4H10.C3H8.CH4.Cm/c1-6-10(12)14-8(4)9(5)15-11(13)7(2)3;1-2-4-6-5-3-1;1-4(2)3;1-3-2;;/h8-9H,2,6H2,1,3-5H3;1-6H;4H,1-3H3;3H2,1-2H3;1H4;. The maximum absolute atomic E-state index is 11.2. The minimum atomic E-state index is -0.470. The molecule has 0 amide bonds. The zero-order chi connectivity index (χ0) is 22.5. The third-order valence-corrected chi connectivity index (χ3v) is 2.58. The van der Waals surface area contributed by atoms with E-state index in [4.69, 9.17) is 9.47 Å². The molecule has 0 saturated heterocycles. The second-order valence-corrected chi connectivity index (χ2v) is 7.03. The summed E-state index contributed by atoms with van der Waals surface area (Å²) in [4.78, 5) is 22.1. The van der Waals surface area contributed by atoms with E-state index in [2.05, 4.69) is 41.2 Å². The molecule has 5 heteroatoms. The normalized spacial score (nSPS) is 10.3. The smallest absolute Gasteiger partial charge is 0.333 e. The van der Waals surface area contributed by atoms with Gasteiger partial charge >= 0.3 is 11.9 Å². The molecule has 4 nitrogen and oxygen atoms in total. The molecule has 178 valence electrons. The van der Waals surface area contributed by atoms with Gasteiger partial charge in [-0.3, -0.25) is 4.79 Å². The van der Waals surface area contributed by atoms with Gasteiger partial charge in [-0.15, -0.1) is 0 Å². The van der Waals surface area contributed by atoms with Gasteiger partial charge in [-0.05, 0) is 26.7 Å². The van der Waals surface area contributed by atoms with E-state index in [0.29, 0.717) is 12.0 Å². The minimum absolute atomic E-state index is 0. The predicted molar refractivity (Wildman–Crippen MR) is 126 cm³/mol. The number of hydrogen-bond acceptors (Lipinski definition) is 4. The van der Waals surface area contributed by atoms with Crippen molar-refractivity contribution in [2.45, 2.75) is 94.8 Å². The molecular weight excluding hydrogens is 611 g/mol. The molecule has 0 saturated carbocycles. The van der Waals surface area contributed by atoms with Crippen LogP contribution in [0.3, 0.4) is 0 Å². The maximum atomic E-state index is 11.2. The summed E-state index contributed by atoms with van der Waals surface area (Å²) in [6.45, 7) is 20.8. The van der Waals surface area contributed by atoms with Crippen molar-refractivity contribution in [1.82, 2.24) is 0 Å². The topological polar surface area (TPSA) is 52.6 Å². The van der Waals surface area contributed by atoms with Crippen molar-refractivity contribution in [2.75, 3.05) is 0 Å². The van der Waals surface area contributed by atoms with Crippen LogP contribution in [0, 0.1) is 5.92 Å². The van der Waals surface area contributed by atoms with Crippen molar-refractivity contribution in [1.29, 1.82) is 0 Å². The van der Waals surface area contributed by atoms with Crippen molar-refractivity contribution in [3.05, 3.63) is 48.6 Å². The molecule has 30 heavy (non-hydrogen) atoms. The average Bonchev–Trinajstić information content (AvgIpc) is 2.63. The summed E-state index contributed by atoms with van der Waals surface area (Å²) in [5.74, 6) is 0.0580. The Morgan fingerprint density at radius 1 is 0.800 bits per heavy atom. The van der Waals surface area contributed by atoms with E-state index in [1.165, 1.54) is 6.42 Å². The minimum Gasteiger partial charge on any atom is -0.459 e. The Labute approximate surface area is 180 Å². The van der Waals surface area contributed by atoms with Gasteiger partial charge in [0.15, 0.2) is 0 Å². The summed E-state index contributed by atoms with van der Waals surface area (Å²) in [5.41, 5.74) is 0.330. The van der Waals surface area contributed by atoms with E-state index < -0.39 is 18.2 Å². The van der Waals surface area contributed by atoms with Crippen LogP contribution in [0.1, 0.15) is 82.6 Å². The van der Waals surface area contributed by atoms with Gasteiger partial charge in [-0.25, -0.2) is 4.79 Å². The molecule has 0 radical (unpaired) electrons. The monoisotopic (exact) mass is 653 g/mol. The second-order valence-electron chi connectivity index (χ2n) is 7.03. The van der Waals surface area contributed by atoms with E-state index in [1.807, 2.05) is 36.4 Å². The third-order valence-electron chi connectivity index (χ3n) is 2.58. The molecule has 0 N–H and O–H groups in total. The molecule has 0 aliphatic heterocycles. The van der Waals surface area contributed by atoms with E-state index in [1.54, 1.807) is 27.7 Å². The summed E-state index contributed by atoms with van der Waals surface area (Å²) in [6, 6.07) is 12.0.